The molecule has 4 aromatic rings. The molecule has 29 heavy (non-hydrogen) atoms. The minimum atomic E-state index is -0.712. The molecule has 2 N–H and O–H groups in total. The molecule has 0 radical (unpaired) electrons. The zero-order valence-electron chi connectivity index (χ0n) is 16.0. The van der Waals surface area contributed by atoms with Gasteiger partial charge in [0.2, 0.25) is 0 Å². The van der Waals surface area contributed by atoms with E-state index < -0.39 is 11.8 Å². The van der Waals surface area contributed by atoms with Gasteiger partial charge in [0, 0.05) is 16.9 Å². The van der Waals surface area contributed by atoms with E-state index in [1.54, 1.807) is 29.5 Å². The summed E-state index contributed by atoms with van der Waals surface area (Å²) < 4.78 is 1.14. The number of amides is 2. The molecule has 0 bridgehead atoms. The zero-order chi connectivity index (χ0) is 20.4. The van der Waals surface area contributed by atoms with Crippen molar-refractivity contribution in [2.45, 2.75) is 13.8 Å². The molecule has 3 aromatic carbocycles. The number of para-hydroxylation sites is 1. The number of fused-ring (bicyclic) bond motifs is 1. The molecular weight excluding hydrogens is 382 g/mol. The lowest BCUT2D eigenvalue weighted by molar-refractivity contribution is -0.133. The van der Waals surface area contributed by atoms with Crippen molar-refractivity contribution in [2.75, 3.05) is 10.6 Å². The van der Waals surface area contributed by atoms with Crippen molar-refractivity contribution in [1.29, 1.82) is 0 Å². The Kier molecular flexibility index (Phi) is 5.10. The smallest absolute Gasteiger partial charge is 0.314 e. The Morgan fingerprint density at radius 3 is 2.34 bits per heavy atom. The summed E-state index contributed by atoms with van der Waals surface area (Å²) in [5, 5.41) is 6.17. The van der Waals surface area contributed by atoms with Gasteiger partial charge >= 0.3 is 11.8 Å². The van der Waals surface area contributed by atoms with Gasteiger partial charge in [-0.2, -0.15) is 0 Å². The predicted molar refractivity (Wildman–Crippen MR) is 118 cm³/mol. The third-order valence-corrected chi connectivity index (χ3v) is 5.60. The highest BCUT2D eigenvalue weighted by molar-refractivity contribution is 7.21. The maximum absolute atomic E-state index is 12.2. The number of thiazole rings is 1. The van der Waals surface area contributed by atoms with Crippen molar-refractivity contribution in [3.8, 4) is 10.6 Å². The van der Waals surface area contributed by atoms with Crippen LogP contribution < -0.4 is 10.6 Å². The first-order valence-electron chi connectivity index (χ1n) is 9.15. The van der Waals surface area contributed by atoms with Crippen LogP contribution in [0.15, 0.2) is 66.7 Å². The molecule has 5 nitrogen and oxygen atoms in total. The van der Waals surface area contributed by atoms with Gasteiger partial charge in [-0.15, -0.1) is 11.3 Å². The predicted octanol–water partition coefficient (Wildman–Crippen LogP) is 5.16. The lowest BCUT2D eigenvalue weighted by Gasteiger charge is -2.08. The number of anilines is 2. The fourth-order valence-electron chi connectivity index (χ4n) is 2.93. The molecule has 2 amide bonds. The highest BCUT2D eigenvalue weighted by Gasteiger charge is 2.15. The molecule has 0 spiro atoms. The van der Waals surface area contributed by atoms with E-state index in [9.17, 15) is 9.59 Å². The number of aromatic nitrogens is 1. The molecule has 0 aliphatic heterocycles. The van der Waals surface area contributed by atoms with Gasteiger partial charge < -0.3 is 10.6 Å². The molecular formula is C23H19N3O2S. The second-order valence-electron chi connectivity index (χ2n) is 6.79. The van der Waals surface area contributed by atoms with Gasteiger partial charge in [0.1, 0.15) is 5.01 Å². The van der Waals surface area contributed by atoms with E-state index in [0.29, 0.717) is 11.4 Å². The van der Waals surface area contributed by atoms with E-state index in [4.69, 9.17) is 0 Å². The van der Waals surface area contributed by atoms with Gasteiger partial charge in [-0.1, -0.05) is 24.3 Å². The van der Waals surface area contributed by atoms with Crippen LogP contribution in [0.1, 0.15) is 11.1 Å². The van der Waals surface area contributed by atoms with Crippen LogP contribution in [-0.4, -0.2) is 16.8 Å². The molecule has 144 valence electrons. The molecule has 1 aromatic heterocycles. The van der Waals surface area contributed by atoms with Crippen molar-refractivity contribution in [3.63, 3.8) is 0 Å². The van der Waals surface area contributed by atoms with Crippen molar-refractivity contribution in [3.05, 3.63) is 77.9 Å². The number of hydrogen-bond acceptors (Lipinski definition) is 4. The van der Waals surface area contributed by atoms with E-state index >= 15 is 0 Å². The van der Waals surface area contributed by atoms with Crippen LogP contribution in [-0.2, 0) is 9.59 Å². The number of nitrogens with one attached hydrogen (secondary N) is 2. The highest BCUT2D eigenvalue weighted by Crippen LogP contribution is 2.31. The Labute approximate surface area is 172 Å². The molecule has 0 aliphatic rings. The van der Waals surface area contributed by atoms with Crippen LogP contribution in [0.3, 0.4) is 0 Å². The number of rotatable bonds is 3. The van der Waals surface area contributed by atoms with Crippen LogP contribution in [0.25, 0.3) is 20.8 Å². The van der Waals surface area contributed by atoms with Gasteiger partial charge in [-0.05, 0) is 67.4 Å². The first-order valence-corrected chi connectivity index (χ1v) is 9.97. The van der Waals surface area contributed by atoms with Crippen molar-refractivity contribution in [2.24, 2.45) is 0 Å². The third-order valence-electron chi connectivity index (χ3n) is 4.53. The number of carbonyl (C=O) groups excluding carboxylic acids is 2. The number of benzene rings is 3. The number of carbonyl (C=O) groups is 2. The molecule has 0 unspecified atom stereocenters. The Morgan fingerprint density at radius 2 is 1.59 bits per heavy atom. The molecule has 0 fully saturated rings. The van der Waals surface area contributed by atoms with Gasteiger partial charge in [-0.25, -0.2) is 4.98 Å². The molecule has 0 saturated carbocycles. The average molecular weight is 401 g/mol. The molecule has 0 saturated heterocycles. The van der Waals surface area contributed by atoms with Crippen LogP contribution in [0.5, 0.6) is 0 Å². The standard InChI is InChI=1S/C23H19N3O2S/c1-14-7-12-19-20(13-14)29-23(26-19)16-8-10-17(11-9-16)24-21(27)22(28)25-18-6-4-3-5-15(18)2/h3-13H,1-2H3,(H,24,27)(H,25,28). The Balaban J connectivity index is 1.45. The summed E-state index contributed by atoms with van der Waals surface area (Å²) in [5.41, 5.74) is 5.20. The second-order valence-corrected chi connectivity index (χ2v) is 7.82. The van der Waals surface area contributed by atoms with Crippen LogP contribution >= 0.6 is 11.3 Å². The fourth-order valence-corrected chi connectivity index (χ4v) is 4.00. The van der Waals surface area contributed by atoms with E-state index in [1.807, 2.05) is 49.4 Å². The lowest BCUT2D eigenvalue weighted by atomic mass is 10.2. The summed E-state index contributed by atoms with van der Waals surface area (Å²) in [5.74, 6) is -1.42. The third kappa shape index (κ3) is 4.17. The summed E-state index contributed by atoms with van der Waals surface area (Å²) in [6, 6.07) is 20.8. The second kappa shape index (κ2) is 7.85. The largest absolute Gasteiger partial charge is 0.318 e. The van der Waals surface area contributed by atoms with Crippen molar-refractivity contribution in [1.82, 2.24) is 4.98 Å². The van der Waals surface area contributed by atoms with Crippen LogP contribution in [0.2, 0.25) is 0 Å². The average Bonchev–Trinajstić information content (AvgIpc) is 3.13. The van der Waals surface area contributed by atoms with Crippen molar-refractivity contribution >= 4 is 44.7 Å². The number of nitrogens with zero attached hydrogens (tertiary/aromatic N) is 1. The number of hydrogen-bond donors (Lipinski definition) is 2. The van der Waals surface area contributed by atoms with Gasteiger partial charge in [0.05, 0.1) is 10.2 Å². The molecule has 1 heterocycles. The SMILES string of the molecule is Cc1ccc2nc(-c3ccc(NC(=O)C(=O)Nc4ccccc4C)cc3)sc2c1. The van der Waals surface area contributed by atoms with E-state index in [0.717, 1.165) is 26.4 Å². The summed E-state index contributed by atoms with van der Waals surface area (Å²) in [6.45, 7) is 3.93. The first-order chi connectivity index (χ1) is 14.0. The van der Waals surface area contributed by atoms with Crippen molar-refractivity contribution < 1.29 is 9.59 Å². The minimum absolute atomic E-state index is 0.552. The minimum Gasteiger partial charge on any atom is -0.318 e. The summed E-state index contributed by atoms with van der Waals surface area (Å²) in [4.78, 5) is 29.0. The van der Waals surface area contributed by atoms with Crippen LogP contribution in [0, 0.1) is 13.8 Å². The quantitative estimate of drug-likeness (QED) is 0.466. The molecule has 4 rings (SSSR count). The summed E-state index contributed by atoms with van der Waals surface area (Å²) >= 11 is 1.63. The highest BCUT2D eigenvalue weighted by atomic mass is 32.1. The van der Waals surface area contributed by atoms with Gasteiger partial charge in [0.15, 0.2) is 0 Å². The molecule has 0 aliphatic carbocycles. The van der Waals surface area contributed by atoms with Crippen LogP contribution in [0.4, 0.5) is 11.4 Å². The topological polar surface area (TPSA) is 71.1 Å². The van der Waals surface area contributed by atoms with Gasteiger partial charge in [-0.3, -0.25) is 9.59 Å². The summed E-state index contributed by atoms with van der Waals surface area (Å²) in [7, 11) is 0. The normalized spacial score (nSPS) is 10.7. The monoisotopic (exact) mass is 401 g/mol. The first kappa shape index (κ1) is 18.8. The van der Waals surface area contributed by atoms with E-state index in [-0.39, 0.29) is 0 Å². The maximum atomic E-state index is 12.2. The Bertz CT molecular complexity index is 1210. The number of aryl methyl sites for hydroxylation is 2. The Hall–Kier alpha value is -3.51. The van der Waals surface area contributed by atoms with Gasteiger partial charge in [0.25, 0.3) is 0 Å². The fraction of sp³-hybridized carbons (Fsp3) is 0.0870. The maximum Gasteiger partial charge on any atom is 0.314 e. The zero-order valence-corrected chi connectivity index (χ0v) is 16.8. The summed E-state index contributed by atoms with van der Waals surface area (Å²) in [6.07, 6.45) is 0. The molecule has 6 heteroatoms. The van der Waals surface area contributed by atoms with E-state index in [2.05, 4.69) is 28.6 Å². The molecule has 0 atom stereocenters. The van der Waals surface area contributed by atoms with E-state index in [1.165, 1.54) is 5.56 Å². The lowest BCUT2D eigenvalue weighted by Crippen LogP contribution is -2.29. The Morgan fingerprint density at radius 1 is 0.862 bits per heavy atom.